The highest BCUT2D eigenvalue weighted by atomic mass is 16.5. The standard InChI is InChI=1S/C12H15N3O4/c1-19-12(18)8-3-2-4-15(7-8)10-6-13-9(5-14-10)11(16)17/h5-6,8H,2-4,7H2,1H3,(H,16,17)/t8-/m0/s1. The van der Waals surface area contributed by atoms with Crippen LogP contribution in [0.15, 0.2) is 12.4 Å². The molecule has 19 heavy (non-hydrogen) atoms. The van der Waals surface area contributed by atoms with Crippen LogP contribution >= 0.6 is 0 Å². The SMILES string of the molecule is COC(=O)[C@H]1CCCN(c2cnc(C(=O)O)cn2)C1. The van der Waals surface area contributed by atoms with Crippen LogP contribution in [0.3, 0.4) is 0 Å². The molecule has 1 atom stereocenters. The number of anilines is 1. The summed E-state index contributed by atoms with van der Waals surface area (Å²) in [7, 11) is 1.38. The minimum Gasteiger partial charge on any atom is -0.476 e. The van der Waals surface area contributed by atoms with E-state index in [4.69, 9.17) is 9.84 Å². The molecular formula is C12H15N3O4. The van der Waals surface area contributed by atoms with Gasteiger partial charge >= 0.3 is 11.9 Å². The van der Waals surface area contributed by atoms with Gasteiger partial charge in [0.1, 0.15) is 5.82 Å². The Bertz CT molecular complexity index is 474. The van der Waals surface area contributed by atoms with Crippen molar-refractivity contribution < 1.29 is 19.4 Å². The van der Waals surface area contributed by atoms with Crippen molar-refractivity contribution >= 4 is 17.8 Å². The number of carboxylic acids is 1. The highest BCUT2D eigenvalue weighted by Gasteiger charge is 2.27. The Hall–Kier alpha value is -2.18. The molecule has 1 aliphatic rings. The van der Waals surface area contributed by atoms with E-state index < -0.39 is 5.97 Å². The third kappa shape index (κ3) is 2.98. The summed E-state index contributed by atoms with van der Waals surface area (Å²) in [6.45, 7) is 1.29. The topological polar surface area (TPSA) is 92.6 Å². The molecule has 7 nitrogen and oxygen atoms in total. The molecule has 1 saturated heterocycles. The van der Waals surface area contributed by atoms with E-state index in [1.54, 1.807) is 0 Å². The normalized spacial score (nSPS) is 19.0. The average Bonchev–Trinajstić information content (AvgIpc) is 2.46. The van der Waals surface area contributed by atoms with Crippen molar-refractivity contribution in [3.05, 3.63) is 18.1 Å². The largest absolute Gasteiger partial charge is 0.476 e. The molecule has 0 aliphatic carbocycles. The zero-order chi connectivity index (χ0) is 13.8. The number of carboxylic acid groups (broad SMARTS) is 1. The van der Waals surface area contributed by atoms with Crippen LogP contribution in [0.5, 0.6) is 0 Å². The van der Waals surface area contributed by atoms with Crippen molar-refractivity contribution in [3.8, 4) is 0 Å². The van der Waals surface area contributed by atoms with Crippen LogP contribution < -0.4 is 4.90 Å². The summed E-state index contributed by atoms with van der Waals surface area (Å²) in [5.74, 6) is -0.914. The molecule has 1 aliphatic heterocycles. The van der Waals surface area contributed by atoms with Gasteiger partial charge in [0.2, 0.25) is 0 Å². The summed E-state index contributed by atoms with van der Waals surface area (Å²) in [6.07, 6.45) is 4.30. The summed E-state index contributed by atoms with van der Waals surface area (Å²) in [4.78, 5) is 32.0. The number of aromatic nitrogens is 2. The first kappa shape index (κ1) is 13.3. The van der Waals surface area contributed by atoms with Gasteiger partial charge < -0.3 is 14.7 Å². The molecule has 0 aromatic carbocycles. The van der Waals surface area contributed by atoms with Crippen LogP contribution in [0.2, 0.25) is 0 Å². The molecule has 0 spiro atoms. The van der Waals surface area contributed by atoms with Gasteiger partial charge in [0, 0.05) is 13.1 Å². The minimum atomic E-state index is -1.11. The molecule has 1 aromatic heterocycles. The number of carbonyl (C=O) groups is 2. The van der Waals surface area contributed by atoms with E-state index in [0.717, 1.165) is 19.4 Å². The van der Waals surface area contributed by atoms with Crippen molar-refractivity contribution in [3.63, 3.8) is 0 Å². The van der Waals surface area contributed by atoms with Crippen LogP contribution in [0, 0.1) is 5.92 Å². The zero-order valence-corrected chi connectivity index (χ0v) is 10.6. The van der Waals surface area contributed by atoms with Crippen molar-refractivity contribution in [2.24, 2.45) is 5.92 Å². The molecule has 1 aromatic rings. The number of piperidine rings is 1. The Labute approximate surface area is 110 Å². The van der Waals surface area contributed by atoms with E-state index in [1.165, 1.54) is 19.5 Å². The Balaban J connectivity index is 2.08. The van der Waals surface area contributed by atoms with E-state index in [1.807, 2.05) is 4.90 Å². The summed E-state index contributed by atoms with van der Waals surface area (Å²) >= 11 is 0. The lowest BCUT2D eigenvalue weighted by Crippen LogP contribution is -2.39. The van der Waals surface area contributed by atoms with E-state index in [0.29, 0.717) is 12.4 Å². The van der Waals surface area contributed by atoms with E-state index in [2.05, 4.69) is 9.97 Å². The van der Waals surface area contributed by atoms with Crippen molar-refractivity contribution in [1.82, 2.24) is 9.97 Å². The van der Waals surface area contributed by atoms with Gasteiger partial charge in [-0.05, 0) is 12.8 Å². The van der Waals surface area contributed by atoms with Gasteiger partial charge in [0.25, 0.3) is 0 Å². The Morgan fingerprint density at radius 3 is 2.79 bits per heavy atom. The van der Waals surface area contributed by atoms with Gasteiger partial charge in [0.05, 0.1) is 25.4 Å². The fourth-order valence-corrected chi connectivity index (χ4v) is 2.14. The molecular weight excluding hydrogens is 250 g/mol. The lowest BCUT2D eigenvalue weighted by molar-refractivity contribution is -0.145. The second-order valence-electron chi connectivity index (χ2n) is 4.37. The number of ether oxygens (including phenoxy) is 1. The average molecular weight is 265 g/mol. The number of methoxy groups -OCH3 is 1. The highest BCUT2D eigenvalue weighted by Crippen LogP contribution is 2.21. The fraction of sp³-hybridized carbons (Fsp3) is 0.500. The Kier molecular flexibility index (Phi) is 3.94. The third-order valence-electron chi connectivity index (χ3n) is 3.14. The monoisotopic (exact) mass is 265 g/mol. The summed E-state index contributed by atoms with van der Waals surface area (Å²) < 4.78 is 4.75. The number of aromatic carboxylic acids is 1. The first-order chi connectivity index (χ1) is 9.11. The van der Waals surface area contributed by atoms with Crippen LogP contribution in [0.4, 0.5) is 5.82 Å². The van der Waals surface area contributed by atoms with Crippen LogP contribution in [-0.2, 0) is 9.53 Å². The molecule has 1 N–H and O–H groups in total. The van der Waals surface area contributed by atoms with Crippen LogP contribution in [-0.4, -0.2) is 47.2 Å². The molecule has 7 heteroatoms. The van der Waals surface area contributed by atoms with Gasteiger partial charge in [-0.1, -0.05) is 0 Å². The molecule has 0 amide bonds. The number of nitrogens with zero attached hydrogens (tertiary/aromatic N) is 3. The smallest absolute Gasteiger partial charge is 0.356 e. The van der Waals surface area contributed by atoms with Gasteiger partial charge in [-0.3, -0.25) is 4.79 Å². The minimum absolute atomic E-state index is 0.0923. The van der Waals surface area contributed by atoms with Gasteiger partial charge in [-0.2, -0.15) is 0 Å². The maximum Gasteiger partial charge on any atom is 0.356 e. The summed E-state index contributed by atoms with van der Waals surface area (Å²) in [6, 6.07) is 0. The predicted molar refractivity (Wildman–Crippen MR) is 65.9 cm³/mol. The maximum absolute atomic E-state index is 11.5. The molecule has 0 saturated carbocycles. The predicted octanol–water partition coefficient (Wildman–Crippen LogP) is 0.564. The first-order valence-corrected chi connectivity index (χ1v) is 6.00. The quantitative estimate of drug-likeness (QED) is 0.798. The van der Waals surface area contributed by atoms with E-state index >= 15 is 0 Å². The molecule has 0 radical (unpaired) electrons. The van der Waals surface area contributed by atoms with E-state index in [-0.39, 0.29) is 17.6 Å². The number of rotatable bonds is 3. The second-order valence-corrected chi connectivity index (χ2v) is 4.37. The van der Waals surface area contributed by atoms with Crippen molar-refractivity contribution in [2.75, 3.05) is 25.1 Å². The van der Waals surface area contributed by atoms with Crippen molar-refractivity contribution in [2.45, 2.75) is 12.8 Å². The lowest BCUT2D eigenvalue weighted by atomic mass is 9.98. The zero-order valence-electron chi connectivity index (χ0n) is 10.6. The van der Waals surface area contributed by atoms with Gasteiger partial charge in [-0.25, -0.2) is 14.8 Å². The Morgan fingerprint density at radius 1 is 1.42 bits per heavy atom. The van der Waals surface area contributed by atoms with Gasteiger partial charge in [0.15, 0.2) is 5.69 Å². The Morgan fingerprint density at radius 2 is 2.21 bits per heavy atom. The molecule has 102 valence electrons. The number of esters is 1. The summed E-state index contributed by atoms with van der Waals surface area (Å²) in [5, 5.41) is 8.76. The third-order valence-corrected chi connectivity index (χ3v) is 3.14. The van der Waals surface area contributed by atoms with Crippen LogP contribution in [0.1, 0.15) is 23.3 Å². The molecule has 2 heterocycles. The summed E-state index contributed by atoms with van der Waals surface area (Å²) in [5.41, 5.74) is -0.0923. The highest BCUT2D eigenvalue weighted by molar-refractivity contribution is 5.84. The molecule has 0 unspecified atom stereocenters. The van der Waals surface area contributed by atoms with Gasteiger partial charge in [-0.15, -0.1) is 0 Å². The van der Waals surface area contributed by atoms with Crippen molar-refractivity contribution in [1.29, 1.82) is 0 Å². The number of hydrogen-bond donors (Lipinski definition) is 1. The maximum atomic E-state index is 11.5. The first-order valence-electron chi connectivity index (χ1n) is 6.00. The molecule has 2 rings (SSSR count). The molecule has 1 fully saturated rings. The van der Waals surface area contributed by atoms with E-state index in [9.17, 15) is 9.59 Å². The number of hydrogen-bond acceptors (Lipinski definition) is 6. The lowest BCUT2D eigenvalue weighted by Gasteiger charge is -2.31. The second kappa shape index (κ2) is 5.64. The number of carbonyl (C=O) groups excluding carboxylic acids is 1. The fourth-order valence-electron chi connectivity index (χ4n) is 2.14. The molecule has 0 bridgehead atoms. The van der Waals surface area contributed by atoms with Crippen LogP contribution in [0.25, 0.3) is 0 Å².